The van der Waals surface area contributed by atoms with Crippen LogP contribution in [0.5, 0.6) is 11.5 Å². The first kappa shape index (κ1) is 40.1. The zero-order chi connectivity index (χ0) is 38.6. The molecule has 0 fully saturated rings. The number of alkyl halides is 13. The number of halogens is 13. The number of carbonyl (C=O) groups excluding carboxylic acids is 1. The number of aliphatic hydroxyl groups excluding tert-OH is 1. The highest BCUT2D eigenvalue weighted by Gasteiger charge is 2.43. The summed E-state index contributed by atoms with van der Waals surface area (Å²) in [6.07, 6.45) is -22.0. The van der Waals surface area contributed by atoms with Crippen molar-refractivity contribution in [2.45, 2.75) is 37.0 Å². The summed E-state index contributed by atoms with van der Waals surface area (Å²) in [6, 6.07) is 16.0. The molecule has 0 saturated heterocycles. The van der Waals surface area contributed by atoms with Gasteiger partial charge in [0.2, 0.25) is 0 Å². The van der Waals surface area contributed by atoms with Crippen LogP contribution in [0, 0.1) is 0 Å². The summed E-state index contributed by atoms with van der Waals surface area (Å²) in [5.41, 5.74) is -1.51. The second-order valence-electron chi connectivity index (χ2n) is 11.0. The van der Waals surface area contributed by atoms with Gasteiger partial charge in [0.25, 0.3) is 0 Å². The molecular formula is C34H24ClF12NO4. The predicted octanol–water partition coefficient (Wildman–Crippen LogP) is 10.3. The fraction of sp³-hybridized carbons (Fsp3) is 0.265. The van der Waals surface area contributed by atoms with Crippen LogP contribution in [0.4, 0.5) is 58.4 Å². The first-order valence-electron chi connectivity index (χ1n) is 14.7. The largest absolute Gasteiger partial charge is 0.573 e. The van der Waals surface area contributed by atoms with Crippen LogP contribution in [0.3, 0.4) is 0 Å². The van der Waals surface area contributed by atoms with Gasteiger partial charge in [0, 0.05) is 11.1 Å². The number of ketones is 1. The second-order valence-corrected chi connectivity index (χ2v) is 11.3. The third kappa shape index (κ3) is 10.2. The zero-order valence-corrected chi connectivity index (χ0v) is 26.7. The molecule has 1 aliphatic heterocycles. The van der Waals surface area contributed by atoms with Gasteiger partial charge in [-0.25, -0.2) is 0 Å². The number of fused-ring (bicyclic) bond motifs is 1. The van der Waals surface area contributed by atoms with Crippen molar-refractivity contribution in [2.75, 3.05) is 23.9 Å². The van der Waals surface area contributed by atoms with Crippen LogP contribution in [0.2, 0.25) is 0 Å². The lowest BCUT2D eigenvalue weighted by molar-refractivity contribution is -0.274. The molecular weight excluding hydrogens is 750 g/mol. The van der Waals surface area contributed by atoms with Gasteiger partial charge in [-0.3, -0.25) is 4.79 Å². The van der Waals surface area contributed by atoms with Gasteiger partial charge in [0.05, 0.1) is 35.3 Å². The number of Topliss-reactive ketones (excluding diaryl/α,β-unsaturated/α-hetero) is 1. The molecule has 0 aliphatic carbocycles. The third-order valence-electron chi connectivity index (χ3n) is 7.42. The number of aliphatic hydroxyl groups is 1. The Kier molecular flexibility index (Phi) is 12.0. The average molecular weight is 774 g/mol. The van der Waals surface area contributed by atoms with Gasteiger partial charge < -0.3 is 19.5 Å². The number of β-amino-alcohol motifs (C(OH)–C–C–N with tert-alkyl or cyclic N) is 1. The highest BCUT2D eigenvalue weighted by atomic mass is 35.5. The number of para-hydroxylation sites is 1. The highest BCUT2D eigenvalue weighted by Crippen LogP contribution is 2.47. The molecule has 0 radical (unpaired) electrons. The first-order valence-corrected chi connectivity index (χ1v) is 15.2. The van der Waals surface area contributed by atoms with Crippen molar-refractivity contribution in [1.82, 2.24) is 0 Å². The lowest BCUT2D eigenvalue weighted by Gasteiger charge is -2.41. The van der Waals surface area contributed by atoms with Gasteiger partial charge >= 0.3 is 24.9 Å². The molecule has 0 saturated carbocycles. The summed E-state index contributed by atoms with van der Waals surface area (Å²) >= 11 is 5.22. The van der Waals surface area contributed by atoms with E-state index in [1.165, 1.54) is 48.5 Å². The van der Waals surface area contributed by atoms with Gasteiger partial charge in [0.15, 0.2) is 17.6 Å². The molecule has 5 nitrogen and oxygen atoms in total. The molecule has 52 heavy (non-hydrogen) atoms. The van der Waals surface area contributed by atoms with Crippen LogP contribution in [0.1, 0.15) is 33.1 Å². The summed E-state index contributed by atoms with van der Waals surface area (Å²) in [4.78, 5) is 12.1. The van der Waals surface area contributed by atoms with Crippen LogP contribution >= 0.6 is 11.6 Å². The van der Waals surface area contributed by atoms with Crippen LogP contribution in [-0.2, 0) is 12.4 Å². The Labute approximate surface area is 291 Å². The molecule has 2 atom stereocenters. The summed E-state index contributed by atoms with van der Waals surface area (Å²) < 4.78 is 164. The third-order valence-corrected chi connectivity index (χ3v) is 7.67. The van der Waals surface area contributed by atoms with Crippen molar-refractivity contribution in [2.24, 2.45) is 0 Å². The van der Waals surface area contributed by atoms with E-state index < -0.39 is 72.8 Å². The Hall–Kier alpha value is -4.64. The minimum absolute atomic E-state index is 0.00149. The monoisotopic (exact) mass is 773 g/mol. The Balaban J connectivity index is 0.000000363. The predicted molar refractivity (Wildman–Crippen MR) is 164 cm³/mol. The minimum Gasteiger partial charge on any atom is -0.488 e. The molecule has 1 N–H and O–H groups in total. The molecule has 0 amide bonds. The standard InChI is InChI=1S/C25H18F9NO3.C9H6ClF3O/c26-23(27,28)16-6-1-5-15(10-16)20-13-37-22-18(14-4-2-7-17(11-14)38-25(32,33)34)8-3-9-19(22)35(20)12-21(36)24(29,30)31;10-5-8(14)6-2-1-3-7(4-6)9(11,12)13/h1-11,20-21,36H,12-13H2;1-4H,5H2. The Bertz CT molecular complexity index is 1860. The van der Waals surface area contributed by atoms with Crippen LogP contribution < -0.4 is 14.4 Å². The van der Waals surface area contributed by atoms with Crippen molar-refractivity contribution in [3.05, 3.63) is 113 Å². The quantitative estimate of drug-likeness (QED) is 0.115. The maximum absolute atomic E-state index is 13.3. The van der Waals surface area contributed by atoms with Gasteiger partial charge in [0.1, 0.15) is 12.4 Å². The average Bonchev–Trinajstić information content (AvgIpc) is 3.06. The number of benzene rings is 4. The van der Waals surface area contributed by atoms with Crippen molar-refractivity contribution < 1.29 is 72.1 Å². The zero-order valence-electron chi connectivity index (χ0n) is 26.0. The summed E-state index contributed by atoms with van der Waals surface area (Å²) in [6.45, 7) is -1.45. The molecule has 2 unspecified atom stereocenters. The number of anilines is 1. The summed E-state index contributed by atoms with van der Waals surface area (Å²) in [5.74, 6) is -1.40. The molecule has 5 rings (SSSR count). The number of hydrogen-bond donors (Lipinski definition) is 1. The van der Waals surface area contributed by atoms with E-state index in [0.717, 1.165) is 47.4 Å². The second kappa shape index (κ2) is 15.5. The van der Waals surface area contributed by atoms with Gasteiger partial charge in [-0.05, 0) is 53.6 Å². The molecule has 4 aromatic carbocycles. The van der Waals surface area contributed by atoms with E-state index in [-0.39, 0.29) is 39.6 Å². The number of carbonyl (C=O) groups is 1. The lowest BCUT2D eigenvalue weighted by atomic mass is 9.97. The molecule has 1 aliphatic rings. The SMILES string of the molecule is O=C(CCl)c1cccc(C(F)(F)F)c1.OC(CN1c2cccc(-c3cccc(OC(F)(F)F)c3)c2OCC1c1cccc(C(F)(F)F)c1)C(F)(F)F. The summed E-state index contributed by atoms with van der Waals surface area (Å²) in [7, 11) is 0. The lowest BCUT2D eigenvalue weighted by Crippen LogP contribution is -2.46. The van der Waals surface area contributed by atoms with E-state index in [4.69, 9.17) is 16.3 Å². The van der Waals surface area contributed by atoms with Gasteiger partial charge in [-0.15, -0.1) is 24.8 Å². The van der Waals surface area contributed by atoms with E-state index in [9.17, 15) is 62.6 Å². The van der Waals surface area contributed by atoms with E-state index in [2.05, 4.69) is 4.74 Å². The maximum Gasteiger partial charge on any atom is 0.573 e. The number of hydrogen-bond acceptors (Lipinski definition) is 5. The smallest absolute Gasteiger partial charge is 0.488 e. The maximum atomic E-state index is 13.3. The number of rotatable bonds is 7. The van der Waals surface area contributed by atoms with Crippen LogP contribution in [0.15, 0.2) is 91.0 Å². The molecule has 280 valence electrons. The highest BCUT2D eigenvalue weighted by molar-refractivity contribution is 6.30. The van der Waals surface area contributed by atoms with Crippen molar-refractivity contribution in [1.29, 1.82) is 0 Å². The Morgan fingerprint density at radius 1 is 0.808 bits per heavy atom. The molecule has 18 heteroatoms. The van der Waals surface area contributed by atoms with Crippen LogP contribution in [0.25, 0.3) is 11.1 Å². The normalized spacial score (nSPS) is 15.5. The molecule has 0 spiro atoms. The fourth-order valence-electron chi connectivity index (χ4n) is 5.07. The van der Waals surface area contributed by atoms with E-state index in [1.54, 1.807) is 0 Å². The molecule has 1 heterocycles. The van der Waals surface area contributed by atoms with E-state index in [0.29, 0.717) is 0 Å². The van der Waals surface area contributed by atoms with E-state index in [1.807, 2.05) is 0 Å². The molecule has 0 aromatic heterocycles. The molecule has 4 aromatic rings. The Morgan fingerprint density at radius 2 is 1.40 bits per heavy atom. The van der Waals surface area contributed by atoms with Crippen LogP contribution in [-0.4, -0.2) is 48.6 Å². The van der Waals surface area contributed by atoms with Crippen molar-refractivity contribution in [3.8, 4) is 22.6 Å². The fourth-order valence-corrected chi connectivity index (χ4v) is 5.23. The van der Waals surface area contributed by atoms with Crippen molar-refractivity contribution in [3.63, 3.8) is 0 Å². The number of ether oxygens (including phenoxy) is 2. The summed E-state index contributed by atoms with van der Waals surface area (Å²) in [5, 5.41) is 9.83. The first-order chi connectivity index (χ1) is 24.1. The Morgan fingerprint density at radius 3 is 2.00 bits per heavy atom. The number of nitrogens with zero attached hydrogens (tertiary/aromatic N) is 1. The van der Waals surface area contributed by atoms with Gasteiger partial charge in [-0.1, -0.05) is 48.5 Å². The van der Waals surface area contributed by atoms with E-state index >= 15 is 0 Å². The molecule has 0 bridgehead atoms. The minimum atomic E-state index is -5.03. The van der Waals surface area contributed by atoms with Crippen molar-refractivity contribution >= 4 is 23.1 Å². The topological polar surface area (TPSA) is 59.0 Å². The van der Waals surface area contributed by atoms with Gasteiger partial charge in [-0.2, -0.15) is 39.5 Å².